The summed E-state index contributed by atoms with van der Waals surface area (Å²) < 4.78 is 3.84. The predicted octanol–water partition coefficient (Wildman–Crippen LogP) is 2.12. The Morgan fingerprint density at radius 3 is 2.71 bits per heavy atom. The van der Waals surface area contributed by atoms with E-state index in [1.165, 1.54) is 5.69 Å². The normalized spacial score (nSPS) is 11.1. The van der Waals surface area contributed by atoms with E-state index >= 15 is 0 Å². The Hall–Kier alpha value is -1.78. The highest BCUT2D eigenvalue weighted by Gasteiger charge is 2.04. The van der Waals surface area contributed by atoms with Crippen LogP contribution in [0.2, 0.25) is 0 Å². The fraction of sp³-hybridized carbons (Fsp3) is 0.500. The summed E-state index contributed by atoms with van der Waals surface area (Å²) in [6.07, 6.45) is 3.87. The van der Waals surface area contributed by atoms with Gasteiger partial charge in [-0.2, -0.15) is 10.2 Å². The molecule has 0 atom stereocenters. The molecule has 0 fully saturated rings. The number of rotatable bonds is 4. The molecule has 0 spiro atoms. The van der Waals surface area contributed by atoms with Gasteiger partial charge in [0.05, 0.1) is 29.8 Å². The lowest BCUT2D eigenvalue weighted by Crippen LogP contribution is -2.05. The van der Waals surface area contributed by atoms with Crippen molar-refractivity contribution in [1.82, 2.24) is 19.6 Å². The van der Waals surface area contributed by atoms with Crippen LogP contribution in [0.5, 0.6) is 0 Å². The highest BCUT2D eigenvalue weighted by atomic mass is 15.3. The van der Waals surface area contributed by atoms with Crippen molar-refractivity contribution < 1.29 is 0 Å². The Labute approximate surface area is 101 Å². The third kappa shape index (κ3) is 2.67. The van der Waals surface area contributed by atoms with Crippen LogP contribution >= 0.6 is 0 Å². The van der Waals surface area contributed by atoms with E-state index in [1.807, 2.05) is 35.7 Å². The summed E-state index contributed by atoms with van der Waals surface area (Å²) in [4.78, 5) is 0. The molecule has 0 aliphatic heterocycles. The van der Waals surface area contributed by atoms with Crippen LogP contribution in [0.15, 0.2) is 18.5 Å². The van der Waals surface area contributed by atoms with Crippen LogP contribution in [0.25, 0.3) is 0 Å². The van der Waals surface area contributed by atoms with E-state index in [2.05, 4.69) is 35.4 Å². The number of aromatic nitrogens is 4. The lowest BCUT2D eigenvalue weighted by molar-refractivity contribution is 0.532. The summed E-state index contributed by atoms with van der Waals surface area (Å²) >= 11 is 0. The van der Waals surface area contributed by atoms with Gasteiger partial charge in [0.15, 0.2) is 0 Å². The van der Waals surface area contributed by atoms with Crippen LogP contribution in [-0.2, 0) is 13.6 Å². The first-order valence-corrected chi connectivity index (χ1v) is 5.84. The third-order valence-corrected chi connectivity index (χ3v) is 2.70. The van der Waals surface area contributed by atoms with Gasteiger partial charge in [-0.05, 0) is 26.8 Å². The molecule has 2 heterocycles. The highest BCUT2D eigenvalue weighted by Crippen LogP contribution is 2.11. The molecule has 2 aromatic rings. The highest BCUT2D eigenvalue weighted by molar-refractivity contribution is 5.38. The average molecular weight is 233 g/mol. The first kappa shape index (κ1) is 11.7. The average Bonchev–Trinajstić information content (AvgIpc) is 2.82. The number of nitrogens with zero attached hydrogens (tertiary/aromatic N) is 4. The van der Waals surface area contributed by atoms with E-state index in [-0.39, 0.29) is 0 Å². The molecule has 92 valence electrons. The van der Waals surface area contributed by atoms with Gasteiger partial charge in [-0.15, -0.1) is 0 Å². The van der Waals surface area contributed by atoms with E-state index in [1.54, 1.807) is 0 Å². The molecule has 0 saturated heterocycles. The summed E-state index contributed by atoms with van der Waals surface area (Å²) in [5, 5.41) is 11.9. The summed E-state index contributed by atoms with van der Waals surface area (Å²) in [7, 11) is 1.96. The number of aryl methyl sites for hydroxylation is 2. The molecule has 0 unspecified atom stereocenters. The maximum atomic E-state index is 4.31. The second-order valence-electron chi connectivity index (χ2n) is 4.56. The van der Waals surface area contributed by atoms with Crippen molar-refractivity contribution >= 4 is 5.69 Å². The number of hydrogen-bond acceptors (Lipinski definition) is 3. The molecule has 0 amide bonds. The first-order chi connectivity index (χ1) is 8.06. The van der Waals surface area contributed by atoms with Gasteiger partial charge in [-0.1, -0.05) is 0 Å². The molecule has 0 aromatic carbocycles. The van der Waals surface area contributed by atoms with Crippen molar-refractivity contribution in [1.29, 1.82) is 0 Å². The largest absolute Gasteiger partial charge is 0.377 e. The molecule has 0 aliphatic carbocycles. The minimum absolute atomic E-state index is 0.393. The topological polar surface area (TPSA) is 47.7 Å². The predicted molar refractivity (Wildman–Crippen MR) is 67.9 cm³/mol. The molecule has 5 nitrogen and oxygen atoms in total. The van der Waals surface area contributed by atoms with Gasteiger partial charge in [0.2, 0.25) is 0 Å². The number of nitrogens with one attached hydrogen (secondary N) is 1. The minimum Gasteiger partial charge on any atom is -0.377 e. The lowest BCUT2D eigenvalue weighted by Gasteiger charge is -2.05. The zero-order valence-corrected chi connectivity index (χ0v) is 10.8. The molecule has 0 saturated carbocycles. The molecule has 0 aliphatic rings. The van der Waals surface area contributed by atoms with E-state index in [9.17, 15) is 0 Å². The van der Waals surface area contributed by atoms with Crippen LogP contribution in [0.1, 0.15) is 31.3 Å². The zero-order valence-electron chi connectivity index (χ0n) is 10.8. The first-order valence-electron chi connectivity index (χ1n) is 5.84. The number of hydrogen-bond donors (Lipinski definition) is 1. The Morgan fingerprint density at radius 1 is 1.41 bits per heavy atom. The summed E-state index contributed by atoms with van der Waals surface area (Å²) in [6, 6.07) is 2.48. The molecule has 5 heteroatoms. The summed E-state index contributed by atoms with van der Waals surface area (Å²) in [6.45, 7) is 6.99. The quantitative estimate of drug-likeness (QED) is 0.880. The van der Waals surface area contributed by atoms with Crippen LogP contribution in [0.3, 0.4) is 0 Å². The monoisotopic (exact) mass is 233 g/mol. The molecular formula is C12H19N5. The molecule has 2 aromatic heterocycles. The van der Waals surface area contributed by atoms with Gasteiger partial charge in [-0.3, -0.25) is 9.36 Å². The van der Waals surface area contributed by atoms with Crippen molar-refractivity contribution in [3.8, 4) is 0 Å². The van der Waals surface area contributed by atoms with Gasteiger partial charge in [0.25, 0.3) is 0 Å². The van der Waals surface area contributed by atoms with Crippen molar-refractivity contribution in [2.75, 3.05) is 5.32 Å². The number of anilines is 1. The minimum atomic E-state index is 0.393. The fourth-order valence-electron chi connectivity index (χ4n) is 1.73. The SMILES string of the molecule is Cc1cc(CNc2cnn(C(C)C)c2)n(C)n1. The van der Waals surface area contributed by atoms with E-state index in [0.29, 0.717) is 6.04 Å². The van der Waals surface area contributed by atoms with Gasteiger partial charge < -0.3 is 5.32 Å². The van der Waals surface area contributed by atoms with Gasteiger partial charge in [0.1, 0.15) is 0 Å². The molecule has 2 rings (SSSR count). The van der Waals surface area contributed by atoms with Crippen molar-refractivity contribution in [3.05, 3.63) is 29.8 Å². The van der Waals surface area contributed by atoms with E-state index in [4.69, 9.17) is 0 Å². The molecule has 0 bridgehead atoms. The van der Waals surface area contributed by atoms with Gasteiger partial charge >= 0.3 is 0 Å². The fourth-order valence-corrected chi connectivity index (χ4v) is 1.73. The molecule has 17 heavy (non-hydrogen) atoms. The summed E-state index contributed by atoms with van der Waals surface area (Å²) in [5.41, 5.74) is 3.25. The van der Waals surface area contributed by atoms with Gasteiger partial charge in [-0.25, -0.2) is 0 Å². The third-order valence-electron chi connectivity index (χ3n) is 2.70. The van der Waals surface area contributed by atoms with Crippen LogP contribution < -0.4 is 5.32 Å². The standard InChI is InChI=1S/C12H19N5/c1-9(2)17-8-11(6-14-17)13-7-12-5-10(3)15-16(12)4/h5-6,8-9,13H,7H2,1-4H3. The van der Waals surface area contributed by atoms with E-state index in [0.717, 1.165) is 17.9 Å². The second-order valence-corrected chi connectivity index (χ2v) is 4.56. The Bertz CT molecular complexity index is 495. The zero-order chi connectivity index (χ0) is 12.4. The Morgan fingerprint density at radius 2 is 2.18 bits per heavy atom. The molecule has 0 radical (unpaired) electrons. The maximum Gasteiger partial charge on any atom is 0.0729 e. The van der Waals surface area contributed by atoms with Crippen LogP contribution in [-0.4, -0.2) is 19.6 Å². The van der Waals surface area contributed by atoms with Crippen molar-refractivity contribution in [3.63, 3.8) is 0 Å². The second kappa shape index (κ2) is 4.61. The van der Waals surface area contributed by atoms with Crippen LogP contribution in [0.4, 0.5) is 5.69 Å². The lowest BCUT2D eigenvalue weighted by atomic mass is 10.3. The van der Waals surface area contributed by atoms with Crippen molar-refractivity contribution in [2.24, 2.45) is 7.05 Å². The van der Waals surface area contributed by atoms with Gasteiger partial charge in [0, 0.05) is 19.3 Å². The molecular weight excluding hydrogens is 214 g/mol. The van der Waals surface area contributed by atoms with Crippen molar-refractivity contribution in [2.45, 2.75) is 33.4 Å². The van der Waals surface area contributed by atoms with E-state index < -0.39 is 0 Å². The Kier molecular flexibility index (Phi) is 3.17. The maximum absolute atomic E-state index is 4.31. The molecule has 1 N–H and O–H groups in total. The summed E-state index contributed by atoms with van der Waals surface area (Å²) in [5.74, 6) is 0. The Balaban J connectivity index is 2.00. The van der Waals surface area contributed by atoms with Crippen LogP contribution in [0, 0.1) is 6.92 Å². The smallest absolute Gasteiger partial charge is 0.0729 e.